The number of hydrogen-bond donors (Lipinski definition) is 0. The molecule has 0 saturated heterocycles. The Labute approximate surface area is 208 Å². The van der Waals surface area contributed by atoms with Gasteiger partial charge in [-0.15, -0.1) is 0 Å². The molecule has 0 atom stereocenters. The zero-order chi connectivity index (χ0) is 24.2. The fraction of sp³-hybridized carbons (Fsp3) is 0.0909. The SMILES string of the molecule is COc1ccccc1.c1ccc(OCC(c2ccccc2)(c2ccccc2)c2ccccc2)cc1. The molecular weight excluding hydrogens is 428 g/mol. The molecule has 0 aromatic heterocycles. The zero-order valence-electron chi connectivity index (χ0n) is 20.0. The van der Waals surface area contributed by atoms with E-state index in [9.17, 15) is 0 Å². The molecule has 0 radical (unpaired) electrons. The lowest BCUT2D eigenvalue weighted by atomic mass is 9.70. The molecule has 0 aliphatic heterocycles. The summed E-state index contributed by atoms with van der Waals surface area (Å²) in [5.41, 5.74) is 3.27. The standard InChI is InChI=1S/C26H22O.C7H8O/c1-5-13-22(14-6-1)26(23-15-7-2-8-16-23,24-17-9-3-10-18-24)21-27-25-19-11-4-12-20-25;1-8-7-5-3-2-4-6-7/h1-20H,21H2;2-6H,1H3. The summed E-state index contributed by atoms with van der Waals surface area (Å²) in [7, 11) is 1.66. The van der Waals surface area contributed by atoms with Crippen LogP contribution in [0.3, 0.4) is 0 Å². The van der Waals surface area contributed by atoms with E-state index in [-0.39, 0.29) is 5.41 Å². The van der Waals surface area contributed by atoms with Crippen LogP contribution in [0.2, 0.25) is 0 Å². The maximum Gasteiger partial charge on any atom is 0.119 e. The molecule has 0 spiro atoms. The fourth-order valence-corrected chi connectivity index (χ4v) is 4.18. The van der Waals surface area contributed by atoms with Gasteiger partial charge in [-0.1, -0.05) is 127 Å². The number of para-hydroxylation sites is 2. The van der Waals surface area contributed by atoms with E-state index in [0.717, 1.165) is 11.5 Å². The van der Waals surface area contributed by atoms with Gasteiger partial charge in [0, 0.05) is 0 Å². The van der Waals surface area contributed by atoms with E-state index in [2.05, 4.69) is 91.0 Å². The Hall–Kier alpha value is -4.30. The van der Waals surface area contributed by atoms with Gasteiger partial charge in [-0.2, -0.15) is 0 Å². The maximum absolute atomic E-state index is 6.33. The summed E-state index contributed by atoms with van der Waals surface area (Å²) >= 11 is 0. The highest BCUT2D eigenvalue weighted by atomic mass is 16.5. The summed E-state index contributed by atoms with van der Waals surface area (Å²) in [5.74, 6) is 1.79. The predicted octanol–water partition coefficient (Wildman–Crippen LogP) is 7.80. The number of benzene rings is 5. The quantitative estimate of drug-likeness (QED) is 0.232. The van der Waals surface area contributed by atoms with E-state index >= 15 is 0 Å². The summed E-state index contributed by atoms with van der Waals surface area (Å²) in [4.78, 5) is 0. The third-order valence-corrected chi connectivity index (χ3v) is 5.98. The molecular formula is C33H30O2. The molecule has 0 unspecified atom stereocenters. The minimum atomic E-state index is -0.389. The molecule has 0 amide bonds. The van der Waals surface area contributed by atoms with Crippen molar-refractivity contribution in [1.82, 2.24) is 0 Å². The number of methoxy groups -OCH3 is 1. The van der Waals surface area contributed by atoms with E-state index in [1.807, 2.05) is 60.7 Å². The van der Waals surface area contributed by atoms with Crippen molar-refractivity contribution in [3.63, 3.8) is 0 Å². The van der Waals surface area contributed by atoms with Crippen molar-refractivity contribution in [2.75, 3.05) is 13.7 Å². The van der Waals surface area contributed by atoms with E-state index < -0.39 is 0 Å². The van der Waals surface area contributed by atoms with Crippen LogP contribution >= 0.6 is 0 Å². The highest BCUT2D eigenvalue weighted by Gasteiger charge is 2.37. The maximum atomic E-state index is 6.33. The molecule has 0 bridgehead atoms. The van der Waals surface area contributed by atoms with Gasteiger partial charge in [0.2, 0.25) is 0 Å². The summed E-state index contributed by atoms with van der Waals surface area (Å²) in [5, 5.41) is 0. The summed E-state index contributed by atoms with van der Waals surface area (Å²) < 4.78 is 11.2. The van der Waals surface area contributed by atoms with Gasteiger partial charge < -0.3 is 9.47 Å². The van der Waals surface area contributed by atoms with E-state index in [4.69, 9.17) is 9.47 Å². The van der Waals surface area contributed by atoms with Crippen LogP contribution in [0.5, 0.6) is 11.5 Å². The molecule has 5 rings (SSSR count). The molecule has 0 heterocycles. The lowest BCUT2D eigenvalue weighted by Gasteiger charge is -2.35. The van der Waals surface area contributed by atoms with Crippen LogP contribution in [0.1, 0.15) is 16.7 Å². The number of hydrogen-bond acceptors (Lipinski definition) is 2. The molecule has 0 N–H and O–H groups in total. The van der Waals surface area contributed by atoms with Crippen molar-refractivity contribution < 1.29 is 9.47 Å². The third kappa shape index (κ3) is 5.99. The van der Waals surface area contributed by atoms with Gasteiger partial charge in [-0.3, -0.25) is 0 Å². The Balaban J connectivity index is 0.000000308. The molecule has 2 heteroatoms. The highest BCUT2D eigenvalue weighted by Crippen LogP contribution is 2.39. The Morgan fingerprint density at radius 3 is 1.06 bits per heavy atom. The molecule has 5 aromatic carbocycles. The van der Waals surface area contributed by atoms with Crippen LogP contribution in [0.15, 0.2) is 152 Å². The molecule has 0 aliphatic carbocycles. The second-order valence-electron chi connectivity index (χ2n) is 8.12. The van der Waals surface area contributed by atoms with E-state index in [1.54, 1.807) is 7.11 Å². The topological polar surface area (TPSA) is 18.5 Å². The van der Waals surface area contributed by atoms with E-state index in [0.29, 0.717) is 6.61 Å². The normalized spacial score (nSPS) is 10.5. The average Bonchev–Trinajstić information content (AvgIpc) is 2.96. The van der Waals surface area contributed by atoms with Gasteiger partial charge >= 0.3 is 0 Å². The smallest absolute Gasteiger partial charge is 0.119 e. The van der Waals surface area contributed by atoms with Crippen molar-refractivity contribution in [3.05, 3.63) is 168 Å². The van der Waals surface area contributed by atoms with Crippen LogP contribution in [-0.2, 0) is 5.41 Å². The Bertz CT molecular complexity index is 1140. The Kier molecular flexibility index (Phi) is 8.34. The van der Waals surface area contributed by atoms with Gasteiger partial charge in [0.15, 0.2) is 0 Å². The number of ether oxygens (including phenoxy) is 2. The van der Waals surface area contributed by atoms with Crippen molar-refractivity contribution in [3.8, 4) is 11.5 Å². The average molecular weight is 459 g/mol. The van der Waals surface area contributed by atoms with Crippen molar-refractivity contribution in [2.24, 2.45) is 0 Å². The van der Waals surface area contributed by atoms with Crippen molar-refractivity contribution >= 4 is 0 Å². The zero-order valence-corrected chi connectivity index (χ0v) is 20.0. The minimum absolute atomic E-state index is 0.389. The van der Waals surface area contributed by atoms with Crippen LogP contribution in [0.4, 0.5) is 0 Å². The first-order valence-electron chi connectivity index (χ1n) is 11.8. The monoisotopic (exact) mass is 458 g/mol. The lowest BCUT2D eigenvalue weighted by molar-refractivity contribution is 0.265. The third-order valence-electron chi connectivity index (χ3n) is 5.98. The van der Waals surface area contributed by atoms with Crippen LogP contribution < -0.4 is 9.47 Å². The largest absolute Gasteiger partial charge is 0.497 e. The minimum Gasteiger partial charge on any atom is -0.497 e. The van der Waals surface area contributed by atoms with Gasteiger partial charge in [0.1, 0.15) is 18.1 Å². The molecule has 174 valence electrons. The molecule has 35 heavy (non-hydrogen) atoms. The van der Waals surface area contributed by atoms with Crippen molar-refractivity contribution in [1.29, 1.82) is 0 Å². The summed E-state index contributed by atoms with van der Waals surface area (Å²) in [6, 6.07) is 51.6. The van der Waals surface area contributed by atoms with Crippen LogP contribution in [0, 0.1) is 0 Å². The summed E-state index contributed by atoms with van der Waals surface area (Å²) in [6.07, 6.45) is 0. The Morgan fingerprint density at radius 2 is 0.743 bits per heavy atom. The molecule has 0 aliphatic rings. The lowest BCUT2D eigenvalue weighted by Crippen LogP contribution is -2.36. The summed E-state index contributed by atoms with van der Waals surface area (Å²) in [6.45, 7) is 0.523. The molecule has 0 fully saturated rings. The first-order valence-corrected chi connectivity index (χ1v) is 11.8. The molecule has 2 nitrogen and oxygen atoms in total. The predicted molar refractivity (Wildman–Crippen MR) is 144 cm³/mol. The van der Waals surface area contributed by atoms with Gasteiger partial charge in [-0.25, -0.2) is 0 Å². The van der Waals surface area contributed by atoms with Gasteiger partial charge in [-0.05, 0) is 41.0 Å². The first-order chi connectivity index (χ1) is 17.3. The highest BCUT2D eigenvalue weighted by molar-refractivity contribution is 5.50. The fourth-order valence-electron chi connectivity index (χ4n) is 4.18. The van der Waals surface area contributed by atoms with Crippen molar-refractivity contribution in [2.45, 2.75) is 5.41 Å². The van der Waals surface area contributed by atoms with Gasteiger partial charge in [0.05, 0.1) is 12.5 Å². The first kappa shape index (κ1) is 23.8. The van der Waals surface area contributed by atoms with Gasteiger partial charge in [0.25, 0.3) is 0 Å². The van der Waals surface area contributed by atoms with Crippen LogP contribution in [0.25, 0.3) is 0 Å². The van der Waals surface area contributed by atoms with E-state index in [1.165, 1.54) is 16.7 Å². The second kappa shape index (κ2) is 12.2. The second-order valence-corrected chi connectivity index (χ2v) is 8.12. The van der Waals surface area contributed by atoms with Crippen LogP contribution in [-0.4, -0.2) is 13.7 Å². The molecule has 5 aromatic rings. The molecule has 0 saturated carbocycles. The number of rotatable bonds is 7. The Morgan fingerprint density at radius 1 is 0.429 bits per heavy atom.